The lowest BCUT2D eigenvalue weighted by Gasteiger charge is -2.36. The third kappa shape index (κ3) is 9.09. The molecule has 16 heteroatoms. The number of nitrogens with one attached hydrogen (secondary N) is 1. The first-order valence-electron chi connectivity index (χ1n) is 21.2. The number of carbonyl (C=O) groups excluding carboxylic acids is 2. The molecule has 2 saturated carbocycles. The van der Waals surface area contributed by atoms with Crippen LogP contribution in [0.5, 0.6) is 23.0 Å². The molecule has 6 aromatic rings. The van der Waals surface area contributed by atoms with Gasteiger partial charge < -0.3 is 29.2 Å². The van der Waals surface area contributed by atoms with Gasteiger partial charge in [0.1, 0.15) is 45.4 Å². The van der Waals surface area contributed by atoms with E-state index in [1.54, 1.807) is 24.5 Å². The molecule has 2 aliphatic heterocycles. The predicted octanol–water partition coefficient (Wildman–Crippen LogP) is 8.90. The van der Waals surface area contributed by atoms with Crippen molar-refractivity contribution in [3.63, 3.8) is 0 Å². The van der Waals surface area contributed by atoms with Crippen LogP contribution in [-0.2, 0) is 0 Å². The predicted molar refractivity (Wildman–Crippen MR) is 227 cm³/mol. The highest BCUT2D eigenvalue weighted by Crippen LogP contribution is 2.42. The summed E-state index contributed by atoms with van der Waals surface area (Å²) < 4.78 is 76.9. The molecule has 0 radical (unpaired) electrons. The largest absolute Gasteiger partial charge is 0.496 e. The Labute approximate surface area is 361 Å². The van der Waals surface area contributed by atoms with Crippen molar-refractivity contribution in [2.45, 2.75) is 63.6 Å². The fraction of sp³-hybridized carbons (Fsp3) is 0.404. The summed E-state index contributed by atoms with van der Waals surface area (Å²) >= 11 is 0. The summed E-state index contributed by atoms with van der Waals surface area (Å²) in [5.41, 5.74) is 6.71. The number of hydrogen-bond donors (Lipinski definition) is 1. The zero-order chi connectivity index (χ0) is 43.9. The first kappa shape index (κ1) is 42.3. The monoisotopic (exact) mass is 868 g/mol. The zero-order valence-electron chi connectivity index (χ0n) is 35.2. The lowest BCUT2D eigenvalue weighted by Crippen LogP contribution is -2.41. The van der Waals surface area contributed by atoms with Crippen molar-refractivity contribution in [1.82, 2.24) is 29.0 Å². The smallest absolute Gasteiger partial charge is 0.387 e. The van der Waals surface area contributed by atoms with Crippen molar-refractivity contribution in [3.05, 3.63) is 95.6 Å². The molecule has 2 aromatic carbocycles. The molecule has 4 fully saturated rings. The summed E-state index contributed by atoms with van der Waals surface area (Å²) in [6, 6.07) is 14.5. The van der Waals surface area contributed by atoms with Crippen LogP contribution in [0, 0.1) is 11.8 Å². The first-order valence-corrected chi connectivity index (χ1v) is 21.2. The summed E-state index contributed by atoms with van der Waals surface area (Å²) in [4.78, 5) is 36.9. The van der Waals surface area contributed by atoms with Crippen molar-refractivity contribution < 1.29 is 46.1 Å². The second-order valence-electron chi connectivity index (χ2n) is 16.9. The molecular formula is C47H48F4N6O6. The number of imidazole rings is 2. The second-order valence-corrected chi connectivity index (χ2v) is 16.9. The Bertz CT molecular complexity index is 2670. The Hall–Kier alpha value is -6.00. The van der Waals surface area contributed by atoms with Crippen molar-refractivity contribution in [2.24, 2.45) is 11.8 Å². The Kier molecular flexibility index (Phi) is 11.8. The van der Waals surface area contributed by atoms with E-state index >= 15 is 0 Å². The molecule has 330 valence electrons. The van der Waals surface area contributed by atoms with E-state index in [-0.39, 0.29) is 45.7 Å². The summed E-state index contributed by atoms with van der Waals surface area (Å²) in [5, 5.41) is 3.26. The van der Waals surface area contributed by atoms with Gasteiger partial charge in [0.2, 0.25) is 0 Å². The number of fused-ring (bicyclic) bond motifs is 2. The van der Waals surface area contributed by atoms with E-state index in [2.05, 4.69) is 39.4 Å². The third-order valence-electron chi connectivity index (χ3n) is 12.4. The number of carbonyl (C=O) groups is 2. The number of ketones is 2. The van der Waals surface area contributed by atoms with Gasteiger partial charge in [-0.05, 0) is 104 Å². The molecule has 2 saturated heterocycles. The number of likely N-dealkylation sites (N-methyl/N-ethyl adjacent to an activating group) is 1. The number of aromatic nitrogens is 4. The molecule has 0 spiro atoms. The SMILES string of the molecule is COc1cc(-c2cnc3cc(C4CN(C)C4)ccn23)cc(OC(F)F)c1C(=O)CC1CC1.COc1cc(-c2cnc3cc(C4CNC4)ccn23)cc(OC(F)F)c1C(=O)CC1CC1. The maximum absolute atomic E-state index is 13.2. The van der Waals surface area contributed by atoms with Crippen LogP contribution < -0.4 is 24.3 Å². The number of pyridine rings is 2. The highest BCUT2D eigenvalue weighted by Gasteiger charge is 2.32. The highest BCUT2D eigenvalue weighted by atomic mass is 19.3. The number of alkyl halides is 4. The van der Waals surface area contributed by atoms with Crippen LogP contribution in [0.25, 0.3) is 33.8 Å². The average Bonchev–Trinajstić information content (AvgIpc) is 4.14. The number of methoxy groups -OCH3 is 2. The van der Waals surface area contributed by atoms with Crippen molar-refractivity contribution in [2.75, 3.05) is 47.4 Å². The molecule has 0 bridgehead atoms. The highest BCUT2D eigenvalue weighted by molar-refractivity contribution is 6.03. The maximum atomic E-state index is 13.2. The average molecular weight is 869 g/mol. The van der Waals surface area contributed by atoms with E-state index in [0.29, 0.717) is 59.0 Å². The Balaban J connectivity index is 0.000000160. The van der Waals surface area contributed by atoms with E-state index in [1.807, 2.05) is 33.3 Å². The normalized spacial score (nSPS) is 16.8. The topological polar surface area (TPSA) is 121 Å². The van der Waals surface area contributed by atoms with E-state index in [1.165, 1.54) is 37.5 Å². The van der Waals surface area contributed by atoms with Gasteiger partial charge in [0.15, 0.2) is 11.6 Å². The molecule has 0 atom stereocenters. The van der Waals surface area contributed by atoms with E-state index in [4.69, 9.17) is 18.9 Å². The minimum atomic E-state index is -3.05. The lowest BCUT2D eigenvalue weighted by molar-refractivity contribution is -0.0509. The minimum Gasteiger partial charge on any atom is -0.496 e. The molecule has 4 aromatic heterocycles. The van der Waals surface area contributed by atoms with Crippen molar-refractivity contribution in [3.8, 4) is 45.5 Å². The van der Waals surface area contributed by atoms with Crippen LogP contribution in [0.1, 0.15) is 82.2 Å². The number of rotatable bonds is 16. The van der Waals surface area contributed by atoms with Gasteiger partial charge in [0, 0.05) is 74.4 Å². The number of ether oxygens (including phenoxy) is 4. The van der Waals surface area contributed by atoms with Gasteiger partial charge in [-0.15, -0.1) is 0 Å². The molecule has 0 unspecified atom stereocenters. The van der Waals surface area contributed by atoms with Gasteiger partial charge in [0.05, 0.1) is 38.0 Å². The van der Waals surface area contributed by atoms with Crippen molar-refractivity contribution >= 4 is 22.9 Å². The number of hydrogen-bond acceptors (Lipinski definition) is 10. The van der Waals surface area contributed by atoms with Crippen LogP contribution in [0.4, 0.5) is 17.6 Å². The molecule has 12 nitrogen and oxygen atoms in total. The van der Waals surface area contributed by atoms with Gasteiger partial charge in [-0.1, -0.05) is 0 Å². The maximum Gasteiger partial charge on any atom is 0.387 e. The Morgan fingerprint density at radius 3 is 1.46 bits per heavy atom. The number of nitrogens with zero attached hydrogens (tertiary/aromatic N) is 5. The molecule has 6 heterocycles. The quantitative estimate of drug-likeness (QED) is 0.0746. The van der Waals surface area contributed by atoms with E-state index < -0.39 is 13.2 Å². The number of benzene rings is 2. The second kappa shape index (κ2) is 17.6. The third-order valence-corrected chi connectivity index (χ3v) is 12.4. The summed E-state index contributed by atoms with van der Waals surface area (Å²) in [6.45, 7) is -2.16. The van der Waals surface area contributed by atoms with Gasteiger partial charge >= 0.3 is 13.2 Å². The van der Waals surface area contributed by atoms with Crippen LogP contribution in [0.3, 0.4) is 0 Å². The van der Waals surface area contributed by atoms with Gasteiger partial charge in [-0.2, -0.15) is 17.6 Å². The fourth-order valence-electron chi connectivity index (χ4n) is 8.46. The zero-order valence-corrected chi connectivity index (χ0v) is 35.2. The van der Waals surface area contributed by atoms with Crippen molar-refractivity contribution in [1.29, 1.82) is 0 Å². The molecule has 2 aliphatic carbocycles. The van der Waals surface area contributed by atoms with Gasteiger partial charge in [0.25, 0.3) is 0 Å². The molecule has 4 aliphatic rings. The van der Waals surface area contributed by atoms with Crippen LogP contribution in [-0.4, -0.2) is 95.9 Å². The Morgan fingerprint density at radius 2 is 1.10 bits per heavy atom. The molecule has 10 rings (SSSR count). The first-order chi connectivity index (χ1) is 30.5. The van der Waals surface area contributed by atoms with Crippen LogP contribution >= 0.6 is 0 Å². The molecule has 0 amide bonds. The van der Waals surface area contributed by atoms with Gasteiger partial charge in [-0.3, -0.25) is 18.4 Å². The Morgan fingerprint density at radius 1 is 0.667 bits per heavy atom. The lowest BCUT2D eigenvalue weighted by atomic mass is 9.93. The van der Waals surface area contributed by atoms with Crippen LogP contribution in [0.2, 0.25) is 0 Å². The standard InChI is InChI=1S/C24H25F2N3O3.C23H23F2N3O3/c1-28-12-17(13-28)15-5-6-29-18(11-27-22(29)10-15)16-8-20(31-2)23(19(30)7-14-3-4-14)21(9-16)32-24(25)26;1-30-19-7-15(8-20(31-23(24)25)22(19)18(29)6-13-2-3-13)17-12-27-21-9-14(4-5-28(17)21)16-10-26-11-16/h5-6,8-11,14,17,24H,3-4,7,12-13H2,1-2H3;4-5,7-9,12-13,16,23,26H,2-3,6,10-11H2,1H3. The summed E-state index contributed by atoms with van der Waals surface area (Å²) in [7, 11) is 4.94. The number of Topliss-reactive ketones (excluding diaryl/α,β-unsaturated/α-hetero) is 2. The molecular weight excluding hydrogens is 821 g/mol. The number of likely N-dealkylation sites (tertiary alicyclic amines) is 1. The number of halogens is 4. The van der Waals surface area contributed by atoms with E-state index in [9.17, 15) is 27.2 Å². The van der Waals surface area contributed by atoms with E-state index in [0.717, 1.165) is 63.2 Å². The molecule has 63 heavy (non-hydrogen) atoms. The van der Waals surface area contributed by atoms with Crippen LogP contribution in [0.15, 0.2) is 73.3 Å². The van der Waals surface area contributed by atoms with Gasteiger partial charge in [-0.25, -0.2) is 9.97 Å². The summed E-state index contributed by atoms with van der Waals surface area (Å²) in [5.74, 6) is 1.26. The molecule has 1 N–H and O–H groups in total. The fourth-order valence-corrected chi connectivity index (χ4v) is 8.46. The minimum absolute atomic E-state index is 0.0760. The summed E-state index contributed by atoms with van der Waals surface area (Å²) in [6.07, 6.45) is 11.8.